The van der Waals surface area contributed by atoms with Gasteiger partial charge in [0.05, 0.1) is 0 Å². The summed E-state index contributed by atoms with van der Waals surface area (Å²) in [5, 5.41) is 0. The van der Waals surface area contributed by atoms with Crippen molar-refractivity contribution in [3.8, 4) is 0 Å². The van der Waals surface area contributed by atoms with Gasteiger partial charge in [0.2, 0.25) is 0 Å². The first-order valence-electron chi connectivity index (χ1n) is 5.25. The van der Waals surface area contributed by atoms with Crippen molar-refractivity contribution in [3.05, 3.63) is 43.3 Å². The van der Waals surface area contributed by atoms with Crippen LogP contribution in [-0.2, 0) is 18.4 Å². The smallest absolute Gasteiger partial charge is 0.171 e. The third kappa shape index (κ3) is 59.7. The van der Waals surface area contributed by atoms with E-state index >= 15 is 0 Å². The monoisotopic (exact) mass is 1090 g/mol. The van der Waals surface area contributed by atoms with E-state index in [2.05, 4.69) is 128 Å². The van der Waals surface area contributed by atoms with E-state index in [9.17, 15) is 0 Å². The Morgan fingerprint density at radius 1 is 0.895 bits per heavy atom. The Balaban J connectivity index is -0.000000184. The van der Waals surface area contributed by atoms with Crippen molar-refractivity contribution >= 4 is 108 Å². The van der Waals surface area contributed by atoms with Crippen molar-refractivity contribution < 1.29 is 18.4 Å². The fourth-order valence-corrected chi connectivity index (χ4v) is 0.592. The van der Waals surface area contributed by atoms with Crippen molar-refractivity contribution in [1.29, 1.82) is 0 Å². The molecule has 0 atom stereocenters. The summed E-state index contributed by atoms with van der Waals surface area (Å²) in [6.07, 6.45) is 3.65. The Kier molecular flexibility index (Phi) is 43.2. The molecule has 0 saturated carbocycles. The number of unbranched alkanes of at least 4 members (excludes halogenated alkanes) is 2. The van der Waals surface area contributed by atoms with Gasteiger partial charge in [-0.1, -0.05) is 19.8 Å². The summed E-state index contributed by atoms with van der Waals surface area (Å²) >= 11 is 15.1. The molecule has 1 aromatic rings. The third-order valence-electron chi connectivity index (χ3n) is 1.21. The van der Waals surface area contributed by atoms with Crippen molar-refractivity contribution in [2.75, 3.05) is 0 Å². The summed E-state index contributed by atoms with van der Waals surface area (Å²) in [5.74, 6) is 0. The first-order chi connectivity index (χ1) is 8.88. The van der Waals surface area contributed by atoms with E-state index in [4.69, 9.17) is 0 Å². The van der Waals surface area contributed by atoms with Gasteiger partial charge in [0.1, 0.15) is 0 Å². The van der Waals surface area contributed by atoms with Gasteiger partial charge in [0.25, 0.3) is 0 Å². The van der Waals surface area contributed by atoms with Crippen LogP contribution in [0, 0.1) is 13.0 Å². The summed E-state index contributed by atoms with van der Waals surface area (Å²) < 4.78 is 0. The van der Waals surface area contributed by atoms with E-state index in [-0.39, 0.29) is 0 Å². The van der Waals surface area contributed by atoms with Crippen LogP contribution in [-0.4, -0.2) is 0 Å². The minimum atomic E-state index is -0.633. The molecule has 8 heteroatoms. The summed E-state index contributed by atoms with van der Waals surface area (Å²) in [6, 6.07) is 12.5. The van der Waals surface area contributed by atoms with Crippen LogP contribution in [0.25, 0.3) is 0 Å². The van der Waals surface area contributed by atoms with E-state index in [1.165, 1.54) is 12.8 Å². The van der Waals surface area contributed by atoms with Crippen LogP contribution in [0.3, 0.4) is 0 Å². The van der Waals surface area contributed by atoms with E-state index < -0.39 is 18.4 Å². The molecule has 1 aromatic carbocycles. The predicted octanol–water partition coefficient (Wildman–Crippen LogP) is 8.81. The first kappa shape index (κ1) is 29.1. The van der Waals surface area contributed by atoms with Gasteiger partial charge in [0.15, 0.2) is 0 Å². The molecule has 0 aliphatic carbocycles. The summed E-state index contributed by atoms with van der Waals surface area (Å²) in [4.78, 5) is 0. The number of hydrogen-bond acceptors (Lipinski definition) is 0. The number of rotatable bonds is 2. The fraction of sp³-hybridized carbons (Fsp3) is 0.364. The standard InChI is InChI=1S/C6H5.C5H11.6HI.2Zr/c1-2-4-6-5-3-1;1-3-5-4-2;;;;;;;;/h1-5H;1,3-5H2,2H3;6*1H;;/q2*-1;;;;;;;2*+3/p-6. The molecule has 0 N–H and O–H groups in total. The molecule has 0 nitrogen and oxygen atoms in total. The predicted molar refractivity (Wildman–Crippen MR) is 134 cm³/mol. The molecule has 1 rings (SSSR count). The average molecular weight is 1090 g/mol. The van der Waals surface area contributed by atoms with Crippen LogP contribution >= 0.6 is 108 Å². The largest absolute Gasteiger partial charge is 0.184 e. The normalized spacial score (nSPS) is 7.58. The molecule has 0 amide bonds. The van der Waals surface area contributed by atoms with Crippen LogP contribution in [0.1, 0.15) is 26.2 Å². The number of hydrogen-bond donors (Lipinski definition) is 0. The molecule has 0 aromatic heterocycles. The molecule has 0 fully saturated rings. The Morgan fingerprint density at radius 2 is 1.26 bits per heavy atom. The van der Waals surface area contributed by atoms with E-state index in [0.717, 1.165) is 6.42 Å². The van der Waals surface area contributed by atoms with Crippen LogP contribution in [0.15, 0.2) is 30.3 Å². The molecule has 0 heterocycles. The molecule has 112 valence electrons. The minimum absolute atomic E-state index is 0.633. The minimum Gasteiger partial charge on any atom is -0.184 e. The molecule has 19 heavy (non-hydrogen) atoms. The van der Waals surface area contributed by atoms with Gasteiger partial charge in [-0.15, -0.1) is 0 Å². The average Bonchev–Trinajstić information content (AvgIpc) is 2.31. The molecule has 0 aliphatic rings. The Morgan fingerprint density at radius 3 is 1.32 bits per heavy atom. The third-order valence-corrected chi connectivity index (χ3v) is 1.21. The molecular weight excluding hydrogens is 1080 g/mol. The molecule has 0 radical (unpaired) electrons. The van der Waals surface area contributed by atoms with Crippen molar-refractivity contribution in [2.24, 2.45) is 0 Å². The van der Waals surface area contributed by atoms with Crippen LogP contribution in [0.2, 0.25) is 0 Å². The first-order valence-corrected chi connectivity index (χ1v) is 49.1. The van der Waals surface area contributed by atoms with Gasteiger partial charge in [-0.2, -0.15) is 42.8 Å². The zero-order valence-electron chi connectivity index (χ0n) is 10.5. The quantitative estimate of drug-likeness (QED) is 0.206. The fourth-order valence-electron chi connectivity index (χ4n) is 0.592. The Hall–Kier alpha value is 5.37. The van der Waals surface area contributed by atoms with Crippen LogP contribution in [0.4, 0.5) is 0 Å². The maximum Gasteiger partial charge on any atom is -0.171 e. The molecule has 0 bridgehead atoms. The van der Waals surface area contributed by atoms with E-state index in [0.29, 0.717) is 0 Å². The second-order valence-electron chi connectivity index (χ2n) is 2.71. The van der Waals surface area contributed by atoms with E-state index in [1.807, 2.05) is 30.3 Å². The molecule has 0 unspecified atom stereocenters. The second-order valence-corrected chi connectivity index (χ2v) is 116. The molecule has 0 aliphatic heterocycles. The Bertz CT molecular complexity index is 183. The summed E-state index contributed by atoms with van der Waals surface area (Å²) in [6.45, 7) is 5.85. The summed E-state index contributed by atoms with van der Waals surface area (Å²) in [5.41, 5.74) is 0. The number of halogens is 6. The maximum atomic E-state index is 3.68. The van der Waals surface area contributed by atoms with Crippen LogP contribution in [0.5, 0.6) is 0 Å². The van der Waals surface area contributed by atoms with Crippen molar-refractivity contribution in [1.82, 2.24) is 0 Å². The second kappa shape index (κ2) is 28.2. The number of benzene rings is 1. The SMILES string of the molecule is [CH2-]CCCC.[I][Zr]([I])[I].[I][Zr]([I])[I].[c-]1ccccc1. The van der Waals surface area contributed by atoms with Gasteiger partial charge in [-0.05, 0) is 0 Å². The van der Waals surface area contributed by atoms with Crippen molar-refractivity contribution in [3.63, 3.8) is 0 Å². The van der Waals surface area contributed by atoms with Gasteiger partial charge >= 0.3 is 127 Å². The molecule has 0 spiro atoms. The topological polar surface area (TPSA) is 0 Å². The van der Waals surface area contributed by atoms with E-state index in [1.54, 1.807) is 0 Å². The zero-order chi connectivity index (χ0) is 15.5. The van der Waals surface area contributed by atoms with Gasteiger partial charge in [-0.25, -0.2) is 0 Å². The molecular formula is C11H16I6Zr2-2. The van der Waals surface area contributed by atoms with Gasteiger partial charge in [0, 0.05) is 0 Å². The zero-order valence-corrected chi connectivity index (χ0v) is 28.3. The van der Waals surface area contributed by atoms with Gasteiger partial charge < -0.3 is 6.92 Å². The van der Waals surface area contributed by atoms with Gasteiger partial charge in [-0.3, -0.25) is 0 Å². The van der Waals surface area contributed by atoms with Crippen molar-refractivity contribution in [2.45, 2.75) is 26.2 Å². The maximum absolute atomic E-state index is 3.68. The summed E-state index contributed by atoms with van der Waals surface area (Å²) in [7, 11) is -1.27. The molecule has 0 saturated heterocycles. The Labute approximate surface area is 190 Å². The van der Waals surface area contributed by atoms with Crippen LogP contribution < -0.4 is 0 Å².